The zero-order chi connectivity index (χ0) is 14.2. The molecule has 0 aliphatic rings. The molecule has 0 aromatic heterocycles. The molecule has 2 aromatic rings. The van der Waals surface area contributed by atoms with E-state index in [0.717, 1.165) is 16.9 Å². The van der Waals surface area contributed by atoms with Crippen molar-refractivity contribution in [1.29, 1.82) is 0 Å². The zero-order valence-corrected chi connectivity index (χ0v) is 11.4. The first-order valence-electron chi connectivity index (χ1n) is 6.49. The molecule has 0 saturated heterocycles. The first-order valence-corrected chi connectivity index (χ1v) is 6.49. The Morgan fingerprint density at radius 2 is 1.80 bits per heavy atom. The minimum Gasteiger partial charge on any atom is -0.489 e. The molecule has 0 saturated carbocycles. The van der Waals surface area contributed by atoms with Gasteiger partial charge in [-0.1, -0.05) is 42.5 Å². The molecule has 0 fully saturated rings. The van der Waals surface area contributed by atoms with E-state index >= 15 is 0 Å². The lowest BCUT2D eigenvalue weighted by molar-refractivity contribution is 0.242. The van der Waals surface area contributed by atoms with Gasteiger partial charge in [-0.15, -0.1) is 0 Å². The van der Waals surface area contributed by atoms with E-state index in [4.69, 9.17) is 4.74 Å². The van der Waals surface area contributed by atoms with E-state index in [0.29, 0.717) is 13.2 Å². The Bertz CT molecular complexity index is 555. The van der Waals surface area contributed by atoms with Gasteiger partial charge in [0.15, 0.2) is 0 Å². The molecule has 4 heteroatoms. The predicted octanol–water partition coefficient (Wildman–Crippen LogP) is 2.69. The summed E-state index contributed by atoms with van der Waals surface area (Å²) in [6.07, 6.45) is 0. The third kappa shape index (κ3) is 4.31. The lowest BCUT2D eigenvalue weighted by Crippen LogP contribution is -2.32. The van der Waals surface area contributed by atoms with E-state index in [9.17, 15) is 4.79 Å². The number of nitrogens with one attached hydrogen (secondary N) is 2. The van der Waals surface area contributed by atoms with Crippen LogP contribution in [-0.2, 0) is 13.2 Å². The fourth-order valence-electron chi connectivity index (χ4n) is 1.76. The maximum atomic E-state index is 11.1. The Kier molecular flexibility index (Phi) is 5.00. The monoisotopic (exact) mass is 270 g/mol. The summed E-state index contributed by atoms with van der Waals surface area (Å²) < 4.78 is 5.74. The van der Waals surface area contributed by atoms with Crippen molar-refractivity contribution in [3.8, 4) is 5.75 Å². The van der Waals surface area contributed by atoms with Gasteiger partial charge in [-0.05, 0) is 23.3 Å². The molecule has 0 radical (unpaired) electrons. The summed E-state index contributed by atoms with van der Waals surface area (Å²) in [7, 11) is 1.59. The van der Waals surface area contributed by atoms with Crippen molar-refractivity contribution in [3.63, 3.8) is 0 Å². The van der Waals surface area contributed by atoms with Gasteiger partial charge in [-0.2, -0.15) is 0 Å². The Morgan fingerprint density at radius 1 is 1.05 bits per heavy atom. The number of amides is 2. The van der Waals surface area contributed by atoms with Gasteiger partial charge in [-0.25, -0.2) is 4.79 Å². The largest absolute Gasteiger partial charge is 0.489 e. The van der Waals surface area contributed by atoms with Crippen LogP contribution in [0.2, 0.25) is 0 Å². The summed E-state index contributed by atoms with van der Waals surface area (Å²) in [4.78, 5) is 11.1. The summed E-state index contributed by atoms with van der Waals surface area (Å²) in [5, 5.41) is 5.26. The average Bonchev–Trinajstić information content (AvgIpc) is 2.52. The third-order valence-electron chi connectivity index (χ3n) is 2.83. The van der Waals surface area contributed by atoms with E-state index in [1.807, 2.05) is 54.6 Å². The lowest BCUT2D eigenvalue weighted by Gasteiger charge is -2.09. The zero-order valence-electron chi connectivity index (χ0n) is 11.4. The van der Waals surface area contributed by atoms with Crippen molar-refractivity contribution in [2.24, 2.45) is 0 Å². The van der Waals surface area contributed by atoms with Crippen LogP contribution in [-0.4, -0.2) is 13.1 Å². The van der Waals surface area contributed by atoms with Crippen LogP contribution in [0.15, 0.2) is 54.6 Å². The number of carbonyl (C=O) groups excluding carboxylic acids is 1. The van der Waals surface area contributed by atoms with Gasteiger partial charge in [0, 0.05) is 13.6 Å². The van der Waals surface area contributed by atoms with Crippen LogP contribution in [0.3, 0.4) is 0 Å². The van der Waals surface area contributed by atoms with Crippen molar-refractivity contribution in [3.05, 3.63) is 65.7 Å². The maximum Gasteiger partial charge on any atom is 0.314 e. The number of ether oxygens (including phenoxy) is 1. The predicted molar refractivity (Wildman–Crippen MR) is 78.5 cm³/mol. The molecule has 0 atom stereocenters. The summed E-state index contributed by atoms with van der Waals surface area (Å²) in [5.74, 6) is 0.796. The van der Waals surface area contributed by atoms with Crippen molar-refractivity contribution < 1.29 is 9.53 Å². The van der Waals surface area contributed by atoms with E-state index in [1.165, 1.54) is 0 Å². The highest BCUT2D eigenvalue weighted by Gasteiger charge is 2.00. The molecule has 0 spiro atoms. The SMILES string of the molecule is CNC(=O)NCc1cccc(OCc2ccccc2)c1. The number of rotatable bonds is 5. The van der Waals surface area contributed by atoms with E-state index in [1.54, 1.807) is 7.05 Å². The van der Waals surface area contributed by atoms with Crippen LogP contribution in [0.1, 0.15) is 11.1 Å². The third-order valence-corrected chi connectivity index (χ3v) is 2.83. The molecule has 4 nitrogen and oxygen atoms in total. The summed E-state index contributed by atoms with van der Waals surface area (Å²) >= 11 is 0. The smallest absolute Gasteiger partial charge is 0.314 e. The molecule has 2 N–H and O–H groups in total. The van der Waals surface area contributed by atoms with E-state index in [-0.39, 0.29) is 6.03 Å². The minimum absolute atomic E-state index is 0.194. The second-order valence-corrected chi connectivity index (χ2v) is 4.35. The number of hydrogen-bond donors (Lipinski definition) is 2. The van der Waals surface area contributed by atoms with Crippen molar-refractivity contribution >= 4 is 6.03 Å². The summed E-state index contributed by atoms with van der Waals surface area (Å²) in [6, 6.07) is 17.5. The van der Waals surface area contributed by atoms with Gasteiger partial charge in [0.05, 0.1) is 0 Å². The van der Waals surface area contributed by atoms with Crippen LogP contribution in [0, 0.1) is 0 Å². The van der Waals surface area contributed by atoms with Gasteiger partial charge in [0.2, 0.25) is 0 Å². The second kappa shape index (κ2) is 7.19. The molecule has 0 unspecified atom stereocenters. The summed E-state index contributed by atoms with van der Waals surface area (Å²) in [5.41, 5.74) is 2.13. The standard InChI is InChI=1S/C16H18N2O2/c1-17-16(19)18-11-14-8-5-9-15(10-14)20-12-13-6-3-2-4-7-13/h2-10H,11-12H2,1H3,(H2,17,18,19). The molecule has 2 aromatic carbocycles. The van der Waals surface area contributed by atoms with Gasteiger partial charge >= 0.3 is 6.03 Å². The van der Waals surface area contributed by atoms with E-state index < -0.39 is 0 Å². The highest BCUT2D eigenvalue weighted by Crippen LogP contribution is 2.15. The van der Waals surface area contributed by atoms with E-state index in [2.05, 4.69) is 10.6 Å². The van der Waals surface area contributed by atoms with Crippen molar-refractivity contribution in [2.75, 3.05) is 7.05 Å². The van der Waals surface area contributed by atoms with Crippen LogP contribution in [0.25, 0.3) is 0 Å². The molecule has 2 amide bonds. The minimum atomic E-state index is -0.194. The van der Waals surface area contributed by atoms with Crippen molar-refractivity contribution in [2.45, 2.75) is 13.2 Å². The Hall–Kier alpha value is -2.49. The second-order valence-electron chi connectivity index (χ2n) is 4.35. The number of benzene rings is 2. The highest BCUT2D eigenvalue weighted by molar-refractivity contribution is 5.73. The molecule has 20 heavy (non-hydrogen) atoms. The van der Waals surface area contributed by atoms with Crippen LogP contribution >= 0.6 is 0 Å². The Labute approximate surface area is 118 Å². The van der Waals surface area contributed by atoms with Gasteiger partial charge in [0.25, 0.3) is 0 Å². The van der Waals surface area contributed by atoms with Crippen LogP contribution in [0.5, 0.6) is 5.75 Å². The molecular formula is C16H18N2O2. The molecule has 0 bridgehead atoms. The maximum absolute atomic E-state index is 11.1. The van der Waals surface area contributed by atoms with Crippen LogP contribution in [0.4, 0.5) is 4.79 Å². The number of urea groups is 1. The number of carbonyl (C=O) groups is 1. The Balaban J connectivity index is 1.90. The molecule has 104 valence electrons. The van der Waals surface area contributed by atoms with Crippen LogP contribution < -0.4 is 15.4 Å². The molecular weight excluding hydrogens is 252 g/mol. The average molecular weight is 270 g/mol. The number of hydrogen-bond acceptors (Lipinski definition) is 2. The normalized spacial score (nSPS) is 9.85. The first kappa shape index (κ1) is 13.9. The van der Waals surface area contributed by atoms with Gasteiger partial charge < -0.3 is 15.4 Å². The highest BCUT2D eigenvalue weighted by atomic mass is 16.5. The van der Waals surface area contributed by atoms with Crippen molar-refractivity contribution in [1.82, 2.24) is 10.6 Å². The van der Waals surface area contributed by atoms with Gasteiger partial charge in [0.1, 0.15) is 12.4 Å². The lowest BCUT2D eigenvalue weighted by atomic mass is 10.2. The fourth-order valence-corrected chi connectivity index (χ4v) is 1.76. The molecule has 0 aliphatic carbocycles. The quantitative estimate of drug-likeness (QED) is 0.877. The molecule has 2 rings (SSSR count). The topological polar surface area (TPSA) is 50.4 Å². The fraction of sp³-hybridized carbons (Fsp3) is 0.188. The molecule has 0 aliphatic heterocycles. The van der Waals surface area contributed by atoms with Gasteiger partial charge in [-0.3, -0.25) is 0 Å². The Morgan fingerprint density at radius 3 is 2.55 bits per heavy atom. The summed E-state index contributed by atoms with van der Waals surface area (Å²) in [6.45, 7) is 1.01. The first-order chi connectivity index (χ1) is 9.78. The molecule has 0 heterocycles.